The number of hydrogen-bond acceptors (Lipinski definition) is 2. The largest absolute Gasteiger partial charge is 0.479 e. The van der Waals surface area contributed by atoms with Gasteiger partial charge in [0.05, 0.1) is 0 Å². The lowest BCUT2D eigenvalue weighted by Gasteiger charge is -2.12. The van der Waals surface area contributed by atoms with Gasteiger partial charge < -0.3 is 9.84 Å². The van der Waals surface area contributed by atoms with Crippen LogP contribution in [-0.4, -0.2) is 17.7 Å². The summed E-state index contributed by atoms with van der Waals surface area (Å²) in [5, 5.41) is 8.93. The average molecular weight is 194 g/mol. The molecule has 0 unspecified atom stereocenters. The zero-order valence-corrected chi connectivity index (χ0v) is 8.14. The van der Waals surface area contributed by atoms with Crippen molar-refractivity contribution in [3.8, 4) is 0 Å². The van der Waals surface area contributed by atoms with Crippen LogP contribution in [0.25, 0.3) is 0 Å². The molecule has 3 heteroatoms. The van der Waals surface area contributed by atoms with Gasteiger partial charge in [-0.25, -0.2) is 4.79 Å². The first-order valence-corrected chi connectivity index (χ1v) is 4.65. The van der Waals surface area contributed by atoms with E-state index in [1.165, 1.54) is 0 Å². The Morgan fingerprint density at radius 2 is 2.07 bits per heavy atom. The minimum absolute atomic E-state index is 0.464. The molecule has 0 heterocycles. The Morgan fingerprint density at radius 3 is 2.57 bits per heavy atom. The molecule has 0 aromatic heterocycles. The van der Waals surface area contributed by atoms with Crippen LogP contribution in [-0.2, 0) is 9.53 Å². The standard InChI is InChI=1S/C11H14O3/c1-2-8-14-10(11(12)13)9-6-4-3-5-7-9/h3-7,10H,2,8H2,1H3,(H,12,13)/t10-/m1/s1. The number of benzene rings is 1. The molecule has 1 aromatic carbocycles. The van der Waals surface area contributed by atoms with Crippen molar-refractivity contribution in [1.82, 2.24) is 0 Å². The second kappa shape index (κ2) is 5.40. The number of aliphatic carboxylic acids is 1. The lowest BCUT2D eigenvalue weighted by Crippen LogP contribution is -2.15. The van der Waals surface area contributed by atoms with Crippen molar-refractivity contribution < 1.29 is 14.6 Å². The van der Waals surface area contributed by atoms with Crippen LogP contribution in [0.5, 0.6) is 0 Å². The van der Waals surface area contributed by atoms with E-state index in [9.17, 15) is 4.79 Å². The number of carboxylic acids is 1. The summed E-state index contributed by atoms with van der Waals surface area (Å²) < 4.78 is 5.24. The molecule has 1 N–H and O–H groups in total. The van der Waals surface area contributed by atoms with Crippen molar-refractivity contribution in [3.05, 3.63) is 35.9 Å². The molecule has 1 rings (SSSR count). The van der Waals surface area contributed by atoms with Gasteiger partial charge in [0, 0.05) is 6.61 Å². The van der Waals surface area contributed by atoms with Crippen molar-refractivity contribution in [2.45, 2.75) is 19.4 Å². The fourth-order valence-corrected chi connectivity index (χ4v) is 1.17. The maximum absolute atomic E-state index is 10.9. The van der Waals surface area contributed by atoms with Crippen molar-refractivity contribution in [2.75, 3.05) is 6.61 Å². The summed E-state index contributed by atoms with van der Waals surface area (Å²) in [6, 6.07) is 8.98. The molecule has 0 fully saturated rings. The number of carbonyl (C=O) groups is 1. The Morgan fingerprint density at radius 1 is 1.43 bits per heavy atom. The maximum Gasteiger partial charge on any atom is 0.337 e. The molecule has 0 aliphatic carbocycles. The third-order valence-electron chi connectivity index (χ3n) is 1.82. The van der Waals surface area contributed by atoms with Crippen LogP contribution in [0.4, 0.5) is 0 Å². The van der Waals surface area contributed by atoms with Crippen LogP contribution in [0.2, 0.25) is 0 Å². The second-order valence-corrected chi connectivity index (χ2v) is 3.00. The Kier molecular flexibility index (Phi) is 4.13. The lowest BCUT2D eigenvalue weighted by molar-refractivity contribution is -0.150. The van der Waals surface area contributed by atoms with Gasteiger partial charge in [0.25, 0.3) is 0 Å². The summed E-state index contributed by atoms with van der Waals surface area (Å²) in [7, 11) is 0. The van der Waals surface area contributed by atoms with Crippen LogP contribution >= 0.6 is 0 Å². The van der Waals surface area contributed by atoms with Gasteiger partial charge in [-0.1, -0.05) is 37.3 Å². The normalized spacial score (nSPS) is 12.4. The van der Waals surface area contributed by atoms with E-state index >= 15 is 0 Å². The van der Waals surface area contributed by atoms with E-state index in [4.69, 9.17) is 9.84 Å². The number of rotatable bonds is 5. The fraction of sp³-hybridized carbons (Fsp3) is 0.364. The Labute approximate surface area is 83.3 Å². The summed E-state index contributed by atoms with van der Waals surface area (Å²) in [5.74, 6) is -0.940. The first-order valence-electron chi connectivity index (χ1n) is 4.65. The third kappa shape index (κ3) is 2.85. The van der Waals surface area contributed by atoms with Gasteiger partial charge in [-0.05, 0) is 12.0 Å². The molecule has 0 radical (unpaired) electrons. The van der Waals surface area contributed by atoms with Crippen molar-refractivity contribution in [3.63, 3.8) is 0 Å². The highest BCUT2D eigenvalue weighted by atomic mass is 16.5. The quantitative estimate of drug-likeness (QED) is 0.781. The molecule has 3 nitrogen and oxygen atoms in total. The summed E-state index contributed by atoms with van der Waals surface area (Å²) in [6.07, 6.45) is -0.0208. The third-order valence-corrected chi connectivity index (χ3v) is 1.82. The monoisotopic (exact) mass is 194 g/mol. The van der Waals surface area contributed by atoms with Crippen LogP contribution in [0, 0.1) is 0 Å². The van der Waals surface area contributed by atoms with Crippen molar-refractivity contribution in [2.24, 2.45) is 0 Å². The Bertz CT molecular complexity index is 282. The molecule has 0 saturated carbocycles. The number of carboxylic acid groups (broad SMARTS) is 1. The highest BCUT2D eigenvalue weighted by Gasteiger charge is 2.19. The summed E-state index contributed by atoms with van der Waals surface area (Å²) in [5.41, 5.74) is 0.688. The lowest BCUT2D eigenvalue weighted by atomic mass is 10.1. The van der Waals surface area contributed by atoms with Crippen LogP contribution in [0.1, 0.15) is 25.0 Å². The molecule has 14 heavy (non-hydrogen) atoms. The smallest absolute Gasteiger partial charge is 0.337 e. The molecule has 0 bridgehead atoms. The molecule has 0 aliphatic heterocycles. The average Bonchev–Trinajstić information content (AvgIpc) is 2.19. The van der Waals surface area contributed by atoms with Crippen molar-refractivity contribution in [1.29, 1.82) is 0 Å². The van der Waals surface area contributed by atoms with E-state index < -0.39 is 12.1 Å². The maximum atomic E-state index is 10.9. The molecule has 1 atom stereocenters. The van der Waals surface area contributed by atoms with E-state index in [1.54, 1.807) is 24.3 Å². The number of ether oxygens (including phenoxy) is 1. The van der Waals surface area contributed by atoms with E-state index in [2.05, 4.69) is 0 Å². The molecule has 0 amide bonds. The van der Waals surface area contributed by atoms with Crippen molar-refractivity contribution >= 4 is 5.97 Å². The van der Waals surface area contributed by atoms with E-state index in [1.807, 2.05) is 13.0 Å². The van der Waals surface area contributed by atoms with Gasteiger partial charge in [0.1, 0.15) is 0 Å². The first kappa shape index (κ1) is 10.7. The summed E-state index contributed by atoms with van der Waals surface area (Å²) >= 11 is 0. The summed E-state index contributed by atoms with van der Waals surface area (Å²) in [6.45, 7) is 2.41. The van der Waals surface area contributed by atoms with Gasteiger partial charge >= 0.3 is 5.97 Å². The molecule has 0 saturated heterocycles. The van der Waals surface area contributed by atoms with Crippen LogP contribution in [0.15, 0.2) is 30.3 Å². The van der Waals surface area contributed by atoms with Gasteiger partial charge in [-0.15, -0.1) is 0 Å². The molecular weight excluding hydrogens is 180 g/mol. The second-order valence-electron chi connectivity index (χ2n) is 3.00. The molecule has 76 valence electrons. The van der Waals surface area contributed by atoms with Gasteiger partial charge in [0.2, 0.25) is 0 Å². The van der Waals surface area contributed by atoms with Gasteiger partial charge in [-0.2, -0.15) is 0 Å². The minimum Gasteiger partial charge on any atom is -0.479 e. The predicted molar refractivity (Wildman–Crippen MR) is 53.1 cm³/mol. The minimum atomic E-state index is -0.940. The zero-order chi connectivity index (χ0) is 10.4. The Balaban J connectivity index is 2.73. The molecule has 0 aliphatic rings. The topological polar surface area (TPSA) is 46.5 Å². The van der Waals surface area contributed by atoms with Crippen LogP contribution < -0.4 is 0 Å². The predicted octanol–water partition coefficient (Wildman–Crippen LogP) is 2.24. The van der Waals surface area contributed by atoms with Gasteiger partial charge in [-0.3, -0.25) is 0 Å². The summed E-state index contributed by atoms with van der Waals surface area (Å²) in [4.78, 5) is 10.9. The van der Waals surface area contributed by atoms with Gasteiger partial charge in [0.15, 0.2) is 6.10 Å². The highest BCUT2D eigenvalue weighted by molar-refractivity contribution is 5.74. The SMILES string of the molecule is CCCO[C@@H](C(=O)O)c1ccccc1. The van der Waals surface area contributed by atoms with E-state index in [0.29, 0.717) is 12.2 Å². The van der Waals surface area contributed by atoms with Crippen LogP contribution in [0.3, 0.4) is 0 Å². The number of hydrogen-bond donors (Lipinski definition) is 1. The van der Waals surface area contributed by atoms with E-state index in [0.717, 1.165) is 6.42 Å². The zero-order valence-electron chi connectivity index (χ0n) is 8.14. The fourth-order valence-electron chi connectivity index (χ4n) is 1.17. The highest BCUT2D eigenvalue weighted by Crippen LogP contribution is 2.17. The molecule has 1 aromatic rings. The molecule has 0 spiro atoms. The first-order chi connectivity index (χ1) is 6.75. The molecular formula is C11H14O3. The Hall–Kier alpha value is -1.35. The van der Waals surface area contributed by atoms with E-state index in [-0.39, 0.29) is 0 Å².